The zero-order chi connectivity index (χ0) is 18.2. The van der Waals surface area contributed by atoms with Gasteiger partial charge in [-0.2, -0.15) is 0 Å². The molecule has 0 radical (unpaired) electrons. The van der Waals surface area contributed by atoms with Gasteiger partial charge in [0.05, 0.1) is 18.2 Å². The van der Waals surface area contributed by atoms with E-state index in [9.17, 15) is 4.79 Å². The van der Waals surface area contributed by atoms with E-state index < -0.39 is 0 Å². The van der Waals surface area contributed by atoms with Crippen LogP contribution in [0.4, 0.5) is 0 Å². The molecule has 2 rings (SSSR count). The van der Waals surface area contributed by atoms with E-state index in [-0.39, 0.29) is 18.6 Å². The van der Waals surface area contributed by atoms with Gasteiger partial charge in [-0.3, -0.25) is 4.79 Å². The van der Waals surface area contributed by atoms with Crippen LogP contribution in [0.25, 0.3) is 0 Å². The molecule has 0 spiro atoms. The monoisotopic (exact) mass is 361 g/mol. The van der Waals surface area contributed by atoms with E-state index in [1.54, 1.807) is 19.2 Å². The number of carbonyl (C=O) groups excluding carboxylic acids is 1. The van der Waals surface area contributed by atoms with Gasteiger partial charge < -0.3 is 14.8 Å². The lowest BCUT2D eigenvalue weighted by Gasteiger charge is -2.21. The highest BCUT2D eigenvalue weighted by molar-refractivity contribution is 6.32. The van der Waals surface area contributed by atoms with E-state index >= 15 is 0 Å². The fraction of sp³-hybridized carbons (Fsp3) is 0.350. The fourth-order valence-electron chi connectivity index (χ4n) is 2.53. The highest BCUT2D eigenvalue weighted by Gasteiger charge is 2.17. The molecular formula is C20H24ClNO3. The molecule has 134 valence electrons. The van der Waals surface area contributed by atoms with E-state index in [2.05, 4.69) is 19.2 Å². The van der Waals surface area contributed by atoms with Gasteiger partial charge in [0.1, 0.15) is 11.5 Å². The van der Waals surface area contributed by atoms with Gasteiger partial charge in [0.25, 0.3) is 5.91 Å². The van der Waals surface area contributed by atoms with Crippen molar-refractivity contribution in [2.45, 2.75) is 26.3 Å². The molecule has 0 aliphatic carbocycles. The minimum Gasteiger partial charge on any atom is -0.497 e. The Kier molecular flexibility index (Phi) is 7.14. The van der Waals surface area contributed by atoms with Crippen molar-refractivity contribution in [1.29, 1.82) is 0 Å². The summed E-state index contributed by atoms with van der Waals surface area (Å²) >= 11 is 6.04. The second-order valence-electron chi connectivity index (χ2n) is 6.24. The maximum absolute atomic E-state index is 12.3. The number of halogens is 1. The first-order chi connectivity index (χ1) is 12.0. The van der Waals surface area contributed by atoms with Crippen LogP contribution in [0.5, 0.6) is 11.5 Å². The van der Waals surface area contributed by atoms with Gasteiger partial charge in [0, 0.05) is 0 Å². The Morgan fingerprint density at radius 1 is 1.12 bits per heavy atom. The van der Waals surface area contributed by atoms with Crippen molar-refractivity contribution >= 4 is 17.5 Å². The average molecular weight is 362 g/mol. The Bertz CT molecular complexity index is 686. The summed E-state index contributed by atoms with van der Waals surface area (Å²) in [5.41, 5.74) is 1.04. The van der Waals surface area contributed by atoms with Crippen LogP contribution in [-0.2, 0) is 4.79 Å². The third kappa shape index (κ3) is 5.98. The average Bonchev–Trinajstić information content (AvgIpc) is 2.60. The summed E-state index contributed by atoms with van der Waals surface area (Å²) < 4.78 is 10.7. The Hall–Kier alpha value is -2.20. The minimum atomic E-state index is -0.179. The van der Waals surface area contributed by atoms with E-state index in [0.717, 1.165) is 17.7 Å². The first-order valence-corrected chi connectivity index (χ1v) is 8.68. The second kappa shape index (κ2) is 9.33. The zero-order valence-electron chi connectivity index (χ0n) is 14.8. The summed E-state index contributed by atoms with van der Waals surface area (Å²) in [6, 6.07) is 14.8. The van der Waals surface area contributed by atoms with Crippen LogP contribution in [-0.4, -0.2) is 19.6 Å². The van der Waals surface area contributed by atoms with E-state index in [4.69, 9.17) is 21.1 Å². The van der Waals surface area contributed by atoms with Gasteiger partial charge in [-0.1, -0.05) is 49.7 Å². The topological polar surface area (TPSA) is 47.6 Å². The number of carbonyl (C=O) groups is 1. The number of rotatable bonds is 8. The number of para-hydroxylation sites is 1. The third-order valence-electron chi connectivity index (χ3n) is 3.76. The Morgan fingerprint density at radius 3 is 2.40 bits per heavy atom. The van der Waals surface area contributed by atoms with Crippen molar-refractivity contribution in [3.05, 3.63) is 59.1 Å². The predicted molar refractivity (Wildman–Crippen MR) is 100 cm³/mol. The van der Waals surface area contributed by atoms with E-state index in [1.807, 2.05) is 36.4 Å². The molecule has 0 saturated carbocycles. The molecule has 0 bridgehead atoms. The molecule has 1 atom stereocenters. The van der Waals surface area contributed by atoms with Gasteiger partial charge in [-0.15, -0.1) is 0 Å². The van der Waals surface area contributed by atoms with Gasteiger partial charge in [0.15, 0.2) is 6.61 Å². The number of hydrogen-bond acceptors (Lipinski definition) is 3. The minimum absolute atomic E-state index is 0.0749. The van der Waals surface area contributed by atoms with Crippen LogP contribution in [0.1, 0.15) is 31.9 Å². The summed E-state index contributed by atoms with van der Waals surface area (Å²) in [5, 5.41) is 3.53. The molecule has 1 amide bonds. The largest absolute Gasteiger partial charge is 0.497 e. The summed E-state index contributed by atoms with van der Waals surface area (Å²) in [7, 11) is 1.63. The number of methoxy groups -OCH3 is 1. The summed E-state index contributed by atoms with van der Waals surface area (Å²) in [6.07, 6.45) is 0.837. The molecule has 0 aromatic heterocycles. The maximum atomic E-state index is 12.3. The van der Waals surface area contributed by atoms with Gasteiger partial charge in [-0.05, 0) is 42.2 Å². The fourth-order valence-corrected chi connectivity index (χ4v) is 2.72. The van der Waals surface area contributed by atoms with Crippen LogP contribution >= 0.6 is 11.6 Å². The Balaban J connectivity index is 2.00. The lowest BCUT2D eigenvalue weighted by molar-refractivity contribution is -0.124. The second-order valence-corrected chi connectivity index (χ2v) is 6.65. The Labute approximate surface area is 154 Å². The highest BCUT2D eigenvalue weighted by atomic mass is 35.5. The van der Waals surface area contributed by atoms with Crippen LogP contribution in [0.2, 0.25) is 5.02 Å². The van der Waals surface area contributed by atoms with Crippen molar-refractivity contribution in [2.24, 2.45) is 5.92 Å². The molecular weight excluding hydrogens is 338 g/mol. The molecule has 0 saturated heterocycles. The van der Waals surface area contributed by atoms with Crippen molar-refractivity contribution in [3.8, 4) is 11.5 Å². The lowest BCUT2D eigenvalue weighted by Crippen LogP contribution is -2.33. The van der Waals surface area contributed by atoms with Crippen LogP contribution in [0.15, 0.2) is 48.5 Å². The molecule has 4 nitrogen and oxygen atoms in total. The zero-order valence-corrected chi connectivity index (χ0v) is 15.5. The van der Waals surface area contributed by atoms with Crippen molar-refractivity contribution in [1.82, 2.24) is 5.32 Å². The molecule has 25 heavy (non-hydrogen) atoms. The van der Waals surface area contributed by atoms with Gasteiger partial charge >= 0.3 is 0 Å². The van der Waals surface area contributed by atoms with Crippen molar-refractivity contribution < 1.29 is 14.3 Å². The van der Waals surface area contributed by atoms with E-state index in [0.29, 0.717) is 16.7 Å². The first kappa shape index (κ1) is 19.1. The smallest absolute Gasteiger partial charge is 0.258 e. The molecule has 2 aromatic carbocycles. The normalized spacial score (nSPS) is 11.9. The maximum Gasteiger partial charge on any atom is 0.258 e. The van der Waals surface area contributed by atoms with Crippen LogP contribution in [0.3, 0.4) is 0 Å². The molecule has 0 heterocycles. The molecule has 1 N–H and O–H groups in total. The van der Waals surface area contributed by atoms with Crippen molar-refractivity contribution in [2.75, 3.05) is 13.7 Å². The number of benzene rings is 2. The molecule has 0 unspecified atom stereocenters. The summed E-state index contributed by atoms with van der Waals surface area (Å²) in [6.45, 7) is 4.18. The molecule has 0 aliphatic rings. The number of nitrogens with one attached hydrogen (secondary N) is 1. The summed E-state index contributed by atoms with van der Waals surface area (Å²) in [4.78, 5) is 12.3. The highest BCUT2D eigenvalue weighted by Crippen LogP contribution is 2.25. The third-order valence-corrected chi connectivity index (χ3v) is 4.07. The van der Waals surface area contributed by atoms with Crippen LogP contribution < -0.4 is 14.8 Å². The van der Waals surface area contributed by atoms with E-state index in [1.165, 1.54) is 0 Å². The number of amides is 1. The molecule has 2 aromatic rings. The summed E-state index contributed by atoms with van der Waals surface area (Å²) in [5.74, 6) is 1.56. The molecule has 5 heteroatoms. The Morgan fingerprint density at radius 2 is 1.80 bits per heavy atom. The molecule has 0 fully saturated rings. The van der Waals surface area contributed by atoms with Gasteiger partial charge in [-0.25, -0.2) is 0 Å². The number of hydrogen-bond donors (Lipinski definition) is 1. The SMILES string of the molecule is COc1ccc([C@H](CC(C)C)NC(=O)COc2ccccc2Cl)cc1. The lowest BCUT2D eigenvalue weighted by atomic mass is 9.97. The van der Waals surface area contributed by atoms with Gasteiger partial charge in [0.2, 0.25) is 0 Å². The number of ether oxygens (including phenoxy) is 2. The standard InChI is InChI=1S/C20H24ClNO3/c1-14(2)12-18(15-8-10-16(24-3)11-9-15)22-20(23)13-25-19-7-5-4-6-17(19)21/h4-11,14,18H,12-13H2,1-3H3,(H,22,23)/t18-/m0/s1. The van der Waals surface area contributed by atoms with Crippen molar-refractivity contribution in [3.63, 3.8) is 0 Å². The predicted octanol–water partition coefficient (Wildman–Crippen LogP) is 4.63. The first-order valence-electron chi connectivity index (χ1n) is 8.30. The molecule has 0 aliphatic heterocycles. The quantitative estimate of drug-likeness (QED) is 0.745. The van der Waals surface area contributed by atoms with Crippen LogP contribution in [0, 0.1) is 5.92 Å².